The molecule has 20 heavy (non-hydrogen) atoms. The van der Waals surface area contributed by atoms with Gasteiger partial charge < -0.3 is 5.32 Å². The Labute approximate surface area is 128 Å². The Morgan fingerprint density at radius 3 is 2.65 bits per heavy atom. The molecule has 3 heteroatoms. The van der Waals surface area contributed by atoms with Crippen LogP contribution in [-0.4, -0.2) is 17.6 Å². The lowest BCUT2D eigenvalue weighted by Gasteiger charge is -2.34. The first-order valence-electron chi connectivity index (χ1n) is 8.45. The highest BCUT2D eigenvalue weighted by molar-refractivity contribution is 7.09. The van der Waals surface area contributed by atoms with E-state index in [4.69, 9.17) is 0 Å². The van der Waals surface area contributed by atoms with Gasteiger partial charge >= 0.3 is 0 Å². The maximum atomic E-state index is 4.48. The Morgan fingerprint density at radius 1 is 1.25 bits per heavy atom. The SMILES string of the molecule is CCCNC(Cc1nccs1)C1CCC(CCC)CC1. The highest BCUT2D eigenvalue weighted by atomic mass is 32.1. The minimum Gasteiger partial charge on any atom is -0.313 e. The zero-order valence-electron chi connectivity index (χ0n) is 13.1. The van der Waals surface area contributed by atoms with Gasteiger partial charge in [0, 0.05) is 24.0 Å². The van der Waals surface area contributed by atoms with Gasteiger partial charge in [0.2, 0.25) is 0 Å². The molecule has 2 nitrogen and oxygen atoms in total. The Bertz CT molecular complexity index is 342. The van der Waals surface area contributed by atoms with E-state index in [2.05, 4.69) is 29.5 Å². The van der Waals surface area contributed by atoms with E-state index in [1.54, 1.807) is 11.3 Å². The van der Waals surface area contributed by atoms with Crippen molar-refractivity contribution in [2.45, 2.75) is 71.3 Å². The summed E-state index contributed by atoms with van der Waals surface area (Å²) in [5.41, 5.74) is 0. The van der Waals surface area contributed by atoms with Gasteiger partial charge in [0.05, 0.1) is 5.01 Å². The van der Waals surface area contributed by atoms with E-state index >= 15 is 0 Å². The van der Waals surface area contributed by atoms with Crippen molar-refractivity contribution in [3.63, 3.8) is 0 Å². The van der Waals surface area contributed by atoms with Crippen molar-refractivity contribution in [3.8, 4) is 0 Å². The van der Waals surface area contributed by atoms with E-state index in [0.717, 1.165) is 24.8 Å². The molecule has 0 aromatic carbocycles. The van der Waals surface area contributed by atoms with E-state index < -0.39 is 0 Å². The first-order valence-corrected chi connectivity index (χ1v) is 9.33. The highest BCUT2D eigenvalue weighted by Gasteiger charge is 2.27. The molecule has 1 fully saturated rings. The summed E-state index contributed by atoms with van der Waals surface area (Å²) in [5.74, 6) is 1.86. The molecule has 1 aliphatic carbocycles. The Hall–Kier alpha value is -0.410. The maximum absolute atomic E-state index is 4.48. The number of aromatic nitrogens is 1. The summed E-state index contributed by atoms with van der Waals surface area (Å²) in [6.07, 6.45) is 12.8. The quantitative estimate of drug-likeness (QED) is 0.754. The summed E-state index contributed by atoms with van der Waals surface area (Å²) in [5, 5.41) is 7.19. The maximum Gasteiger partial charge on any atom is 0.0940 e. The molecule has 1 aliphatic rings. The van der Waals surface area contributed by atoms with Crippen LogP contribution in [0.15, 0.2) is 11.6 Å². The smallest absolute Gasteiger partial charge is 0.0940 e. The first-order chi connectivity index (χ1) is 9.83. The third kappa shape index (κ3) is 4.85. The first kappa shape index (κ1) is 16.0. The summed E-state index contributed by atoms with van der Waals surface area (Å²) in [6.45, 7) is 5.72. The molecule has 0 saturated heterocycles. The standard InChI is InChI=1S/C17H30N2S/c1-3-5-14-6-8-15(9-7-14)16(18-10-4-2)13-17-19-11-12-20-17/h11-12,14-16,18H,3-10,13H2,1-2H3. The lowest BCUT2D eigenvalue weighted by molar-refractivity contribution is 0.212. The summed E-state index contributed by atoms with van der Waals surface area (Å²) in [7, 11) is 0. The van der Waals surface area contributed by atoms with Crippen molar-refractivity contribution in [3.05, 3.63) is 16.6 Å². The van der Waals surface area contributed by atoms with E-state index in [1.165, 1.54) is 50.0 Å². The Kier molecular flexibility index (Phi) is 7.01. The van der Waals surface area contributed by atoms with Crippen LogP contribution in [-0.2, 0) is 6.42 Å². The van der Waals surface area contributed by atoms with E-state index in [-0.39, 0.29) is 0 Å². The van der Waals surface area contributed by atoms with Crippen LogP contribution in [0.1, 0.15) is 63.8 Å². The number of thiazole rings is 1. The van der Waals surface area contributed by atoms with Gasteiger partial charge in [0.25, 0.3) is 0 Å². The summed E-state index contributed by atoms with van der Waals surface area (Å²) in [6, 6.07) is 0.642. The second kappa shape index (κ2) is 8.78. The van der Waals surface area contributed by atoms with Crippen molar-refractivity contribution < 1.29 is 0 Å². The molecule has 0 aliphatic heterocycles. The molecule has 0 bridgehead atoms. The molecular formula is C17H30N2S. The van der Waals surface area contributed by atoms with Crippen LogP contribution < -0.4 is 5.32 Å². The van der Waals surface area contributed by atoms with Crippen LogP contribution in [0.5, 0.6) is 0 Å². The second-order valence-electron chi connectivity index (χ2n) is 6.26. The van der Waals surface area contributed by atoms with Gasteiger partial charge in [0.15, 0.2) is 0 Å². The fourth-order valence-corrected chi connectivity index (χ4v) is 4.24. The minimum absolute atomic E-state index is 0.642. The average molecular weight is 295 g/mol. The predicted octanol–water partition coefficient (Wildman–Crippen LogP) is 4.66. The summed E-state index contributed by atoms with van der Waals surface area (Å²) in [4.78, 5) is 4.48. The third-order valence-corrected chi connectivity index (χ3v) is 5.49. The number of nitrogens with zero attached hydrogens (tertiary/aromatic N) is 1. The fraction of sp³-hybridized carbons (Fsp3) is 0.824. The van der Waals surface area contributed by atoms with Crippen LogP contribution in [0.25, 0.3) is 0 Å². The van der Waals surface area contributed by atoms with Crippen molar-refractivity contribution in [1.82, 2.24) is 10.3 Å². The lowest BCUT2D eigenvalue weighted by atomic mass is 9.76. The predicted molar refractivity (Wildman–Crippen MR) is 88.3 cm³/mol. The number of hydrogen-bond acceptors (Lipinski definition) is 3. The van der Waals surface area contributed by atoms with Crippen molar-refractivity contribution in [2.75, 3.05) is 6.54 Å². The molecule has 1 atom stereocenters. The van der Waals surface area contributed by atoms with Gasteiger partial charge in [-0.2, -0.15) is 0 Å². The van der Waals surface area contributed by atoms with Crippen LogP contribution in [0.3, 0.4) is 0 Å². The molecule has 0 spiro atoms. The van der Waals surface area contributed by atoms with Crippen LogP contribution in [0.4, 0.5) is 0 Å². The molecule has 2 rings (SSSR count). The van der Waals surface area contributed by atoms with Gasteiger partial charge in [-0.3, -0.25) is 0 Å². The molecule has 1 aromatic rings. The Morgan fingerprint density at radius 2 is 2.05 bits per heavy atom. The van der Waals surface area contributed by atoms with E-state index in [1.807, 2.05) is 6.20 Å². The van der Waals surface area contributed by atoms with Crippen LogP contribution >= 0.6 is 11.3 Å². The molecule has 1 aromatic heterocycles. The topological polar surface area (TPSA) is 24.9 Å². The monoisotopic (exact) mass is 294 g/mol. The van der Waals surface area contributed by atoms with E-state index in [9.17, 15) is 0 Å². The minimum atomic E-state index is 0.642. The number of hydrogen-bond donors (Lipinski definition) is 1. The second-order valence-corrected chi connectivity index (χ2v) is 7.24. The van der Waals surface area contributed by atoms with Gasteiger partial charge in [-0.05, 0) is 37.6 Å². The molecule has 0 amide bonds. The van der Waals surface area contributed by atoms with Gasteiger partial charge in [-0.1, -0.05) is 39.5 Å². The average Bonchev–Trinajstić information content (AvgIpc) is 2.98. The van der Waals surface area contributed by atoms with Gasteiger partial charge in [-0.25, -0.2) is 4.98 Å². The van der Waals surface area contributed by atoms with Crippen molar-refractivity contribution in [1.29, 1.82) is 0 Å². The molecule has 1 saturated carbocycles. The van der Waals surface area contributed by atoms with Gasteiger partial charge in [0.1, 0.15) is 0 Å². The van der Waals surface area contributed by atoms with Gasteiger partial charge in [-0.15, -0.1) is 11.3 Å². The largest absolute Gasteiger partial charge is 0.313 e. The highest BCUT2D eigenvalue weighted by Crippen LogP contribution is 2.34. The fourth-order valence-electron chi connectivity index (χ4n) is 3.56. The van der Waals surface area contributed by atoms with E-state index in [0.29, 0.717) is 6.04 Å². The normalized spacial score (nSPS) is 24.7. The van der Waals surface area contributed by atoms with Crippen LogP contribution in [0, 0.1) is 11.8 Å². The lowest BCUT2D eigenvalue weighted by Crippen LogP contribution is -2.40. The summed E-state index contributed by atoms with van der Waals surface area (Å²) < 4.78 is 0. The van der Waals surface area contributed by atoms with Crippen LogP contribution in [0.2, 0.25) is 0 Å². The Balaban J connectivity index is 1.86. The zero-order chi connectivity index (χ0) is 14.2. The molecule has 1 heterocycles. The third-order valence-electron chi connectivity index (χ3n) is 4.69. The molecule has 1 unspecified atom stereocenters. The number of nitrogens with one attached hydrogen (secondary N) is 1. The zero-order valence-corrected chi connectivity index (χ0v) is 13.9. The van der Waals surface area contributed by atoms with Crippen molar-refractivity contribution in [2.24, 2.45) is 11.8 Å². The summed E-state index contributed by atoms with van der Waals surface area (Å²) >= 11 is 1.81. The van der Waals surface area contributed by atoms with Crippen molar-refractivity contribution >= 4 is 11.3 Å². The number of rotatable bonds is 8. The molecule has 114 valence electrons. The molecular weight excluding hydrogens is 264 g/mol. The molecule has 1 N–H and O–H groups in total. The molecule has 0 radical (unpaired) electrons.